The van der Waals surface area contributed by atoms with Gasteiger partial charge in [0.1, 0.15) is 0 Å². The van der Waals surface area contributed by atoms with Crippen LogP contribution in [0.2, 0.25) is 0 Å². The predicted octanol–water partition coefficient (Wildman–Crippen LogP) is 2.39. The van der Waals surface area contributed by atoms with Gasteiger partial charge in [0.05, 0.1) is 6.42 Å². The van der Waals surface area contributed by atoms with E-state index in [1.807, 2.05) is 0 Å². The van der Waals surface area contributed by atoms with Gasteiger partial charge in [-0.2, -0.15) is 0 Å². The Labute approximate surface area is 112 Å². The van der Waals surface area contributed by atoms with Gasteiger partial charge in [-0.1, -0.05) is 45.4 Å². The van der Waals surface area contributed by atoms with Crippen LogP contribution >= 0.6 is 0 Å². The molecule has 0 unspecified atom stereocenters. The molecule has 0 saturated heterocycles. The van der Waals surface area contributed by atoms with Crippen molar-refractivity contribution >= 4 is 5.97 Å². The third-order valence-corrected chi connectivity index (χ3v) is 2.95. The molecule has 4 nitrogen and oxygen atoms in total. The third kappa shape index (κ3) is 15.4. The van der Waals surface area contributed by atoms with Gasteiger partial charge < -0.3 is 15.7 Å². The molecule has 0 fully saturated rings. The molecule has 0 aliphatic heterocycles. The Hall–Kier alpha value is -0.610. The number of carboxylic acids is 1. The summed E-state index contributed by atoms with van der Waals surface area (Å²) in [6.07, 6.45) is 9.60. The molecule has 0 rings (SSSR count). The fourth-order valence-corrected chi connectivity index (χ4v) is 1.83. The smallest absolute Gasteiger partial charge is 0.304 e. The van der Waals surface area contributed by atoms with Crippen molar-refractivity contribution in [3.8, 4) is 0 Å². The number of unbranched alkanes of at least 4 members (excludes halogenated alkanes) is 6. The molecule has 0 atom stereocenters. The van der Waals surface area contributed by atoms with Gasteiger partial charge in [0.25, 0.3) is 0 Å². The Kier molecular flexibility index (Phi) is 14.0. The molecule has 0 radical (unpaired) electrons. The lowest BCUT2D eigenvalue weighted by Gasteiger charge is -2.05. The molecule has 0 heterocycles. The molecule has 4 heteroatoms. The second kappa shape index (κ2) is 14.5. The molecule has 0 aromatic carbocycles. The minimum Gasteiger partial charge on any atom is -0.481 e. The molecule has 0 spiro atoms. The largest absolute Gasteiger partial charge is 0.481 e. The summed E-state index contributed by atoms with van der Waals surface area (Å²) in [5.74, 6) is -0.737. The first-order valence-corrected chi connectivity index (χ1v) is 7.40. The van der Waals surface area contributed by atoms with Crippen LogP contribution in [-0.2, 0) is 4.79 Å². The minimum absolute atomic E-state index is 0.206. The summed E-state index contributed by atoms with van der Waals surface area (Å²) in [5.41, 5.74) is 0. The second-order valence-electron chi connectivity index (χ2n) is 4.77. The maximum Gasteiger partial charge on any atom is 0.304 e. The van der Waals surface area contributed by atoms with Gasteiger partial charge in [-0.25, -0.2) is 0 Å². The van der Waals surface area contributed by atoms with E-state index in [-0.39, 0.29) is 6.42 Å². The van der Waals surface area contributed by atoms with Gasteiger partial charge in [-0.3, -0.25) is 4.79 Å². The van der Waals surface area contributed by atoms with Crippen LogP contribution in [0.5, 0.6) is 0 Å². The van der Waals surface area contributed by atoms with Gasteiger partial charge in [0, 0.05) is 19.6 Å². The minimum atomic E-state index is -0.737. The zero-order valence-electron chi connectivity index (χ0n) is 11.8. The molecule has 0 aromatic rings. The second-order valence-corrected chi connectivity index (χ2v) is 4.77. The summed E-state index contributed by atoms with van der Waals surface area (Å²) in [5, 5.41) is 14.9. The van der Waals surface area contributed by atoms with Crippen LogP contribution in [0.1, 0.15) is 58.3 Å². The Bertz CT molecular complexity index is 187. The SMILES string of the molecule is CCCCCCCCCNCCNCCC(=O)O. The standard InChI is InChI=1S/C14H30N2O2/c1-2-3-4-5-6-7-8-10-15-12-13-16-11-9-14(17)18/h15-16H,2-13H2,1H3,(H,17,18). The first-order valence-electron chi connectivity index (χ1n) is 7.40. The molecule has 108 valence electrons. The van der Waals surface area contributed by atoms with Gasteiger partial charge in [0.15, 0.2) is 0 Å². The van der Waals surface area contributed by atoms with E-state index in [9.17, 15) is 4.79 Å². The fourth-order valence-electron chi connectivity index (χ4n) is 1.83. The monoisotopic (exact) mass is 258 g/mol. The maximum absolute atomic E-state index is 10.2. The van der Waals surface area contributed by atoms with E-state index in [4.69, 9.17) is 5.11 Å². The molecule has 18 heavy (non-hydrogen) atoms. The summed E-state index contributed by atoms with van der Waals surface area (Å²) in [6, 6.07) is 0. The number of hydrogen-bond acceptors (Lipinski definition) is 3. The van der Waals surface area contributed by atoms with E-state index < -0.39 is 5.97 Å². The van der Waals surface area contributed by atoms with Crippen LogP contribution in [0.3, 0.4) is 0 Å². The van der Waals surface area contributed by atoms with Crippen molar-refractivity contribution in [2.24, 2.45) is 0 Å². The van der Waals surface area contributed by atoms with Gasteiger partial charge >= 0.3 is 5.97 Å². The lowest BCUT2D eigenvalue weighted by molar-refractivity contribution is -0.136. The molecule has 0 bridgehead atoms. The van der Waals surface area contributed by atoms with Crippen molar-refractivity contribution in [3.63, 3.8) is 0 Å². The van der Waals surface area contributed by atoms with Crippen LogP contribution in [0.25, 0.3) is 0 Å². The Morgan fingerprint density at radius 2 is 1.39 bits per heavy atom. The lowest BCUT2D eigenvalue weighted by Crippen LogP contribution is -2.29. The van der Waals surface area contributed by atoms with Gasteiger partial charge in [0.2, 0.25) is 0 Å². The van der Waals surface area contributed by atoms with Gasteiger partial charge in [-0.05, 0) is 13.0 Å². The topological polar surface area (TPSA) is 61.4 Å². The van der Waals surface area contributed by atoms with Crippen LogP contribution < -0.4 is 10.6 Å². The molecular formula is C14H30N2O2. The average molecular weight is 258 g/mol. The Morgan fingerprint density at radius 1 is 0.833 bits per heavy atom. The van der Waals surface area contributed by atoms with E-state index >= 15 is 0 Å². The Balaban J connectivity index is 2.92. The van der Waals surface area contributed by atoms with Crippen molar-refractivity contribution in [3.05, 3.63) is 0 Å². The number of carbonyl (C=O) groups is 1. The van der Waals surface area contributed by atoms with E-state index in [1.54, 1.807) is 0 Å². The summed E-state index contributed by atoms with van der Waals surface area (Å²) < 4.78 is 0. The van der Waals surface area contributed by atoms with Crippen LogP contribution in [0, 0.1) is 0 Å². The maximum atomic E-state index is 10.2. The van der Waals surface area contributed by atoms with E-state index in [0.29, 0.717) is 6.54 Å². The summed E-state index contributed by atoms with van der Waals surface area (Å²) >= 11 is 0. The predicted molar refractivity (Wildman–Crippen MR) is 76.0 cm³/mol. The molecular weight excluding hydrogens is 228 g/mol. The number of hydrogen-bond donors (Lipinski definition) is 3. The van der Waals surface area contributed by atoms with Crippen molar-refractivity contribution in [1.29, 1.82) is 0 Å². The van der Waals surface area contributed by atoms with Crippen molar-refractivity contribution in [2.75, 3.05) is 26.2 Å². The Morgan fingerprint density at radius 3 is 2.00 bits per heavy atom. The van der Waals surface area contributed by atoms with Crippen molar-refractivity contribution in [2.45, 2.75) is 58.3 Å². The van der Waals surface area contributed by atoms with E-state index in [2.05, 4.69) is 17.6 Å². The number of aliphatic carboxylic acids is 1. The van der Waals surface area contributed by atoms with Gasteiger partial charge in [-0.15, -0.1) is 0 Å². The zero-order chi connectivity index (χ0) is 13.5. The first kappa shape index (κ1) is 17.4. The molecule has 0 saturated carbocycles. The average Bonchev–Trinajstić information content (AvgIpc) is 2.34. The number of rotatable bonds is 14. The molecule has 0 aromatic heterocycles. The van der Waals surface area contributed by atoms with E-state index in [0.717, 1.165) is 19.6 Å². The summed E-state index contributed by atoms with van der Waals surface area (Å²) in [7, 11) is 0. The quantitative estimate of drug-likeness (QED) is 0.419. The van der Waals surface area contributed by atoms with Crippen molar-refractivity contribution in [1.82, 2.24) is 10.6 Å². The zero-order valence-corrected chi connectivity index (χ0v) is 11.8. The molecule has 0 amide bonds. The molecule has 0 aliphatic carbocycles. The fraction of sp³-hybridized carbons (Fsp3) is 0.929. The highest BCUT2D eigenvalue weighted by molar-refractivity contribution is 5.66. The summed E-state index contributed by atoms with van der Waals surface area (Å²) in [4.78, 5) is 10.2. The van der Waals surface area contributed by atoms with Crippen molar-refractivity contribution < 1.29 is 9.90 Å². The highest BCUT2D eigenvalue weighted by Gasteiger charge is 1.95. The van der Waals surface area contributed by atoms with Crippen LogP contribution in [0.15, 0.2) is 0 Å². The highest BCUT2D eigenvalue weighted by atomic mass is 16.4. The molecule has 0 aliphatic rings. The molecule has 3 N–H and O–H groups in total. The lowest BCUT2D eigenvalue weighted by atomic mass is 10.1. The number of nitrogens with one attached hydrogen (secondary N) is 2. The van der Waals surface area contributed by atoms with Crippen LogP contribution in [0.4, 0.5) is 0 Å². The highest BCUT2D eigenvalue weighted by Crippen LogP contribution is 2.05. The normalized spacial score (nSPS) is 10.7. The summed E-state index contributed by atoms with van der Waals surface area (Å²) in [6.45, 7) is 5.66. The van der Waals surface area contributed by atoms with E-state index in [1.165, 1.54) is 44.9 Å². The number of carboxylic acid groups (broad SMARTS) is 1. The van der Waals surface area contributed by atoms with Crippen LogP contribution in [-0.4, -0.2) is 37.3 Å². The first-order chi connectivity index (χ1) is 8.77. The third-order valence-electron chi connectivity index (χ3n) is 2.95.